The molecule has 0 unspecified atom stereocenters. The third-order valence-corrected chi connectivity index (χ3v) is 4.38. The number of ketones is 1. The van der Waals surface area contributed by atoms with Gasteiger partial charge in [-0.25, -0.2) is 4.98 Å². The molecule has 0 bridgehead atoms. The minimum absolute atomic E-state index is 0.0132. The molecule has 4 nitrogen and oxygen atoms in total. The van der Waals surface area contributed by atoms with E-state index in [1.165, 1.54) is 12.1 Å². The number of pyridine rings is 1. The lowest BCUT2D eigenvalue weighted by Crippen LogP contribution is -2.14. The van der Waals surface area contributed by atoms with Crippen LogP contribution < -0.4 is 5.43 Å². The summed E-state index contributed by atoms with van der Waals surface area (Å²) in [6.45, 7) is 0. The maximum atomic E-state index is 12.7. The van der Waals surface area contributed by atoms with Gasteiger partial charge in [-0.3, -0.25) is 9.59 Å². The van der Waals surface area contributed by atoms with Gasteiger partial charge in [0.1, 0.15) is 0 Å². The average molecular weight is 334 g/mol. The molecule has 0 fully saturated rings. The lowest BCUT2D eigenvalue weighted by molar-refractivity contribution is 0.0972. The first-order valence-electron chi connectivity index (χ1n) is 6.83. The van der Waals surface area contributed by atoms with Crippen molar-refractivity contribution in [1.29, 1.82) is 0 Å². The van der Waals surface area contributed by atoms with Crippen LogP contribution in [-0.2, 0) is 6.42 Å². The molecule has 0 atom stereocenters. The molecule has 110 valence electrons. The second-order valence-electron chi connectivity index (χ2n) is 5.31. The third-order valence-electron chi connectivity index (χ3n) is 3.88. The fourth-order valence-corrected chi connectivity index (χ4v) is 3.36. The topological polar surface area (TPSA) is 60.2 Å². The van der Waals surface area contributed by atoms with Gasteiger partial charge >= 0.3 is 0 Å². The number of Topliss-reactive ketones (excluding diaryl/α,β-unsaturated/α-hetero) is 1. The molecule has 2 aromatic heterocycles. The number of benzene rings is 1. The van der Waals surface area contributed by atoms with Gasteiger partial charge in [0.2, 0.25) is 11.1 Å². The summed E-state index contributed by atoms with van der Waals surface area (Å²) in [5.41, 5.74) is 1.37. The van der Waals surface area contributed by atoms with Crippen molar-refractivity contribution in [1.82, 2.24) is 4.98 Å². The summed E-state index contributed by atoms with van der Waals surface area (Å²) < 4.78 is 5.70. The fraction of sp³-hybridized carbons (Fsp3) is 0.188. The van der Waals surface area contributed by atoms with E-state index in [4.69, 9.17) is 27.6 Å². The number of halogens is 2. The molecule has 3 aromatic rings. The van der Waals surface area contributed by atoms with Crippen LogP contribution in [0.15, 0.2) is 27.4 Å². The maximum absolute atomic E-state index is 12.7. The molecule has 0 N–H and O–H groups in total. The molecular weight excluding hydrogens is 325 g/mol. The Morgan fingerprint density at radius 3 is 2.68 bits per heavy atom. The van der Waals surface area contributed by atoms with E-state index < -0.39 is 0 Å². The predicted octanol–water partition coefficient (Wildman–Crippen LogP) is 4.17. The molecule has 1 aliphatic rings. The van der Waals surface area contributed by atoms with Crippen LogP contribution in [0, 0.1) is 0 Å². The SMILES string of the molecule is O=C1CCCc2nc3oc4c(Cl)cc(Cl)cc4c(=O)c3cc21. The molecule has 0 saturated heterocycles. The van der Waals surface area contributed by atoms with Crippen molar-refractivity contribution in [3.8, 4) is 0 Å². The minimum atomic E-state index is -0.283. The smallest absolute Gasteiger partial charge is 0.230 e. The molecule has 2 heterocycles. The largest absolute Gasteiger partial charge is 0.436 e. The standard InChI is InChI=1S/C16H9Cl2NO3/c17-7-4-9-14(21)10-6-8-12(2-1-3-13(8)20)19-16(10)22-15(9)11(18)5-7/h4-6H,1-3H2. The van der Waals surface area contributed by atoms with E-state index in [1.54, 1.807) is 6.07 Å². The summed E-state index contributed by atoms with van der Waals surface area (Å²) in [5, 5.41) is 1.18. The second kappa shape index (κ2) is 4.80. The molecule has 0 amide bonds. The fourth-order valence-electron chi connectivity index (χ4n) is 2.83. The van der Waals surface area contributed by atoms with Crippen LogP contribution in [0.2, 0.25) is 10.0 Å². The highest BCUT2D eigenvalue weighted by Crippen LogP contribution is 2.30. The molecule has 1 aliphatic carbocycles. The van der Waals surface area contributed by atoms with Gasteiger partial charge in [0.25, 0.3) is 0 Å². The van der Waals surface area contributed by atoms with Gasteiger partial charge in [-0.15, -0.1) is 0 Å². The van der Waals surface area contributed by atoms with E-state index in [0.717, 1.165) is 6.42 Å². The predicted molar refractivity (Wildman–Crippen MR) is 85.1 cm³/mol. The first kappa shape index (κ1) is 13.7. The zero-order valence-corrected chi connectivity index (χ0v) is 12.8. The summed E-state index contributed by atoms with van der Waals surface area (Å²) in [4.78, 5) is 29.0. The second-order valence-corrected chi connectivity index (χ2v) is 6.15. The normalized spacial score (nSPS) is 14.5. The van der Waals surface area contributed by atoms with Crippen molar-refractivity contribution in [2.24, 2.45) is 0 Å². The monoisotopic (exact) mass is 333 g/mol. The van der Waals surface area contributed by atoms with E-state index in [1.807, 2.05) is 0 Å². The third kappa shape index (κ3) is 1.95. The summed E-state index contributed by atoms with van der Waals surface area (Å²) in [5.74, 6) is 0.0132. The van der Waals surface area contributed by atoms with Gasteiger partial charge in [0.05, 0.1) is 21.5 Å². The van der Waals surface area contributed by atoms with Crippen LogP contribution in [0.5, 0.6) is 0 Å². The van der Waals surface area contributed by atoms with E-state index in [2.05, 4.69) is 4.98 Å². The number of hydrogen-bond donors (Lipinski definition) is 0. The summed E-state index contributed by atoms with van der Waals surface area (Å²) >= 11 is 12.1. The molecule has 6 heteroatoms. The van der Waals surface area contributed by atoms with Crippen LogP contribution in [-0.4, -0.2) is 10.8 Å². The van der Waals surface area contributed by atoms with E-state index >= 15 is 0 Å². The number of aromatic nitrogens is 1. The quantitative estimate of drug-likeness (QED) is 0.579. The zero-order valence-electron chi connectivity index (χ0n) is 11.3. The molecule has 0 radical (unpaired) electrons. The van der Waals surface area contributed by atoms with Crippen molar-refractivity contribution in [2.75, 3.05) is 0 Å². The summed E-state index contributed by atoms with van der Waals surface area (Å²) in [6, 6.07) is 4.61. The Labute approximate surface area is 134 Å². The highest BCUT2D eigenvalue weighted by molar-refractivity contribution is 6.38. The Bertz CT molecular complexity index is 1020. The highest BCUT2D eigenvalue weighted by atomic mass is 35.5. The number of hydrogen-bond acceptors (Lipinski definition) is 4. The van der Waals surface area contributed by atoms with E-state index in [-0.39, 0.29) is 38.3 Å². The molecule has 0 spiro atoms. The molecule has 0 saturated carbocycles. The molecule has 4 rings (SSSR count). The van der Waals surface area contributed by atoms with Gasteiger partial charge in [-0.2, -0.15) is 0 Å². The van der Waals surface area contributed by atoms with Crippen LogP contribution in [0.4, 0.5) is 0 Å². The maximum Gasteiger partial charge on any atom is 0.230 e. The first-order valence-corrected chi connectivity index (χ1v) is 7.59. The molecular formula is C16H9Cl2NO3. The van der Waals surface area contributed by atoms with Gasteiger partial charge < -0.3 is 4.42 Å². The van der Waals surface area contributed by atoms with Gasteiger partial charge in [0.15, 0.2) is 11.4 Å². The van der Waals surface area contributed by atoms with Crippen LogP contribution in [0.1, 0.15) is 28.9 Å². The van der Waals surface area contributed by atoms with Crippen LogP contribution in [0.25, 0.3) is 22.1 Å². The van der Waals surface area contributed by atoms with Crippen molar-refractivity contribution in [3.63, 3.8) is 0 Å². The highest BCUT2D eigenvalue weighted by Gasteiger charge is 2.22. The lowest BCUT2D eigenvalue weighted by atomic mass is 9.94. The lowest BCUT2D eigenvalue weighted by Gasteiger charge is -2.14. The van der Waals surface area contributed by atoms with Crippen LogP contribution >= 0.6 is 23.2 Å². The Morgan fingerprint density at radius 2 is 1.86 bits per heavy atom. The molecule has 1 aromatic carbocycles. The minimum Gasteiger partial charge on any atom is -0.436 e. The van der Waals surface area contributed by atoms with Crippen molar-refractivity contribution in [3.05, 3.63) is 49.7 Å². The molecule has 22 heavy (non-hydrogen) atoms. The summed E-state index contributed by atoms with van der Waals surface area (Å²) in [6.07, 6.45) is 1.95. The number of fused-ring (bicyclic) bond motifs is 3. The molecule has 0 aliphatic heterocycles. The van der Waals surface area contributed by atoms with Crippen molar-refractivity contribution in [2.45, 2.75) is 19.3 Å². The number of carbonyl (C=O) groups excluding carboxylic acids is 1. The van der Waals surface area contributed by atoms with Gasteiger partial charge in [0, 0.05) is 17.0 Å². The number of carbonyl (C=O) groups is 1. The Hall–Kier alpha value is -1.91. The number of nitrogens with zero attached hydrogens (tertiary/aromatic N) is 1. The first-order chi connectivity index (χ1) is 10.5. The van der Waals surface area contributed by atoms with Crippen LogP contribution in [0.3, 0.4) is 0 Å². The Balaban J connectivity index is 2.17. The van der Waals surface area contributed by atoms with E-state index in [0.29, 0.717) is 29.1 Å². The Kier molecular flexibility index (Phi) is 2.99. The number of rotatable bonds is 0. The average Bonchev–Trinajstić information content (AvgIpc) is 2.48. The van der Waals surface area contributed by atoms with E-state index in [9.17, 15) is 9.59 Å². The Morgan fingerprint density at radius 1 is 1.05 bits per heavy atom. The van der Waals surface area contributed by atoms with Crippen molar-refractivity contribution >= 4 is 51.1 Å². The van der Waals surface area contributed by atoms with Gasteiger partial charge in [-0.1, -0.05) is 23.2 Å². The number of aryl methyl sites for hydroxylation is 1. The summed E-state index contributed by atoms with van der Waals surface area (Å²) in [7, 11) is 0. The van der Waals surface area contributed by atoms with Gasteiger partial charge in [-0.05, 0) is 31.0 Å². The zero-order chi connectivity index (χ0) is 15.4. The van der Waals surface area contributed by atoms with Crippen molar-refractivity contribution < 1.29 is 9.21 Å².